The molecule has 3 aromatic rings. The summed E-state index contributed by atoms with van der Waals surface area (Å²) in [5, 5.41) is 3.82. The lowest BCUT2D eigenvalue weighted by atomic mass is 10.0. The van der Waals surface area contributed by atoms with E-state index in [1.165, 1.54) is 49.4 Å². The predicted molar refractivity (Wildman–Crippen MR) is 187 cm³/mol. The zero-order valence-electron chi connectivity index (χ0n) is 24.7. The van der Waals surface area contributed by atoms with Crippen LogP contribution in [0.5, 0.6) is 23.1 Å². The van der Waals surface area contributed by atoms with Gasteiger partial charge in [0, 0.05) is 19.1 Å². The Bertz CT molecular complexity index is 1670. The first-order chi connectivity index (χ1) is 20.8. The molecule has 2 fully saturated rings. The Hall–Kier alpha value is -3.39. The van der Waals surface area contributed by atoms with Crippen molar-refractivity contribution in [3.63, 3.8) is 0 Å². The van der Waals surface area contributed by atoms with Gasteiger partial charge in [-0.3, -0.25) is 9.69 Å². The fourth-order valence-electron chi connectivity index (χ4n) is 5.98. The molecule has 9 nitrogen and oxygen atoms in total. The molecule has 0 spiro atoms. The first-order valence-corrected chi connectivity index (χ1v) is 14.6. The van der Waals surface area contributed by atoms with Crippen LogP contribution in [0.1, 0.15) is 19.8 Å². The van der Waals surface area contributed by atoms with Gasteiger partial charge in [0.15, 0.2) is 28.2 Å². The number of fused-ring (bicyclic) bond motifs is 3. The molecule has 1 saturated carbocycles. The van der Waals surface area contributed by atoms with Crippen LogP contribution < -0.4 is 30.2 Å². The number of methoxy groups -OCH3 is 1. The number of anilines is 1. The standard InChI is InChI=1S/C26H28FN5O4S.C6H4.2BrH/c1-14(33)32(26(28)37)18-3-4-22(20(27)7-18)36-25-19-8-23(34-2)24(9-21(19)30-13-31-25)35-12-15-5-16-10-29-11-17(16)6-15;1-2-5-4-6(5)3-1;;/h3-4,7-9,13,15-17,29H,5-6,10-12H2,1-2H3,(H2,28,37);1-4H;2*1H. The molecular formula is C32H34Br2FN5O4S. The van der Waals surface area contributed by atoms with Crippen LogP contribution >= 0.6 is 46.2 Å². The number of nitrogens with two attached hydrogens (primary N) is 1. The normalized spacial score (nSPS) is 18.3. The summed E-state index contributed by atoms with van der Waals surface area (Å²) in [6.07, 6.45) is 3.67. The first-order valence-electron chi connectivity index (χ1n) is 14.1. The van der Waals surface area contributed by atoms with Crippen LogP contribution in [-0.4, -0.2) is 47.8 Å². The molecule has 1 aliphatic heterocycles. The minimum Gasteiger partial charge on any atom is -0.493 e. The fraction of sp³-hybridized carbons (Fsp3) is 0.312. The summed E-state index contributed by atoms with van der Waals surface area (Å²) in [4.78, 5) is 21.4. The highest BCUT2D eigenvalue weighted by atomic mass is 79.9. The summed E-state index contributed by atoms with van der Waals surface area (Å²) in [5.74, 6) is 2.02. The van der Waals surface area contributed by atoms with Crippen LogP contribution in [0.4, 0.5) is 10.1 Å². The van der Waals surface area contributed by atoms with Gasteiger partial charge in [-0.05, 0) is 91.3 Å². The summed E-state index contributed by atoms with van der Waals surface area (Å²) < 4.78 is 32.5. The van der Waals surface area contributed by atoms with E-state index in [0.717, 1.165) is 35.9 Å². The molecule has 2 unspecified atom stereocenters. The minimum atomic E-state index is -0.713. The third-order valence-electron chi connectivity index (χ3n) is 8.14. The average Bonchev–Trinajstić information content (AvgIpc) is 3.29. The molecule has 3 N–H and O–H groups in total. The molecule has 2 heterocycles. The predicted octanol–water partition coefficient (Wildman–Crippen LogP) is 6.61. The summed E-state index contributed by atoms with van der Waals surface area (Å²) in [6, 6.07) is 16.0. The molecule has 3 aliphatic carbocycles. The number of halogens is 3. The van der Waals surface area contributed by atoms with Gasteiger partial charge >= 0.3 is 0 Å². The second-order valence-corrected chi connectivity index (χ2v) is 11.4. The van der Waals surface area contributed by atoms with Gasteiger partial charge in [0.25, 0.3) is 0 Å². The van der Waals surface area contributed by atoms with Crippen molar-refractivity contribution >= 4 is 73.8 Å². The third-order valence-corrected chi connectivity index (χ3v) is 8.32. The number of hydrogen-bond acceptors (Lipinski definition) is 8. The Labute approximate surface area is 287 Å². The second-order valence-electron chi connectivity index (χ2n) is 11.0. The van der Waals surface area contributed by atoms with Gasteiger partial charge in [-0.2, -0.15) is 0 Å². The van der Waals surface area contributed by atoms with Gasteiger partial charge in [0.1, 0.15) is 6.33 Å². The monoisotopic (exact) mass is 761 g/mol. The maximum atomic E-state index is 14.9. The first kappa shape index (κ1) is 34.5. The highest BCUT2D eigenvalue weighted by Gasteiger charge is 2.37. The molecule has 1 amide bonds. The highest BCUT2D eigenvalue weighted by molar-refractivity contribution is 8.93. The number of amides is 1. The summed E-state index contributed by atoms with van der Waals surface area (Å²) in [6.45, 7) is 4.10. The Balaban J connectivity index is 0.000000509. The number of thiocarbonyl (C=S) groups is 1. The number of aromatic nitrogens is 2. The molecule has 0 radical (unpaired) electrons. The topological polar surface area (TPSA) is 112 Å². The van der Waals surface area contributed by atoms with Crippen molar-refractivity contribution in [2.24, 2.45) is 23.5 Å². The number of hydrogen-bond donors (Lipinski definition) is 2. The lowest BCUT2D eigenvalue weighted by molar-refractivity contribution is -0.115. The lowest BCUT2D eigenvalue weighted by Gasteiger charge is -2.19. The van der Waals surface area contributed by atoms with Crippen LogP contribution in [0.2, 0.25) is 0 Å². The lowest BCUT2D eigenvalue weighted by Crippen LogP contribution is -2.39. The fourth-order valence-corrected chi connectivity index (χ4v) is 6.22. The number of rotatable bonds is 7. The van der Waals surface area contributed by atoms with Crippen molar-refractivity contribution in [1.29, 1.82) is 0 Å². The van der Waals surface area contributed by atoms with Crippen LogP contribution in [-0.2, 0) is 4.79 Å². The van der Waals surface area contributed by atoms with Crippen molar-refractivity contribution < 1.29 is 23.4 Å². The van der Waals surface area contributed by atoms with E-state index in [-0.39, 0.29) is 56.4 Å². The van der Waals surface area contributed by atoms with E-state index in [1.807, 2.05) is 0 Å². The Morgan fingerprint density at radius 3 is 2.29 bits per heavy atom. The number of carbonyl (C=O) groups is 1. The molecule has 1 aromatic heterocycles. The van der Waals surface area contributed by atoms with E-state index < -0.39 is 11.7 Å². The van der Waals surface area contributed by atoms with Gasteiger partial charge in [-0.25, -0.2) is 14.4 Å². The van der Waals surface area contributed by atoms with Gasteiger partial charge in [-0.1, -0.05) is 18.2 Å². The van der Waals surface area contributed by atoms with Gasteiger partial charge in [0.2, 0.25) is 11.8 Å². The Morgan fingerprint density at radius 2 is 1.73 bits per heavy atom. The number of nitrogens with zero attached hydrogens (tertiary/aromatic N) is 3. The van der Waals surface area contributed by atoms with E-state index in [1.54, 1.807) is 19.2 Å². The van der Waals surface area contributed by atoms with Crippen molar-refractivity contribution in [2.45, 2.75) is 19.8 Å². The largest absolute Gasteiger partial charge is 0.493 e. The van der Waals surface area contributed by atoms with Crippen LogP contribution in [0.25, 0.3) is 22.0 Å². The van der Waals surface area contributed by atoms with E-state index in [9.17, 15) is 9.18 Å². The molecule has 1 saturated heterocycles. The van der Waals surface area contributed by atoms with Crippen LogP contribution in [0, 0.1) is 23.6 Å². The maximum absolute atomic E-state index is 14.9. The van der Waals surface area contributed by atoms with E-state index in [0.29, 0.717) is 34.9 Å². The van der Waals surface area contributed by atoms with Gasteiger partial charge in [0.05, 0.1) is 30.3 Å². The smallest absolute Gasteiger partial charge is 0.230 e. The zero-order valence-corrected chi connectivity index (χ0v) is 28.9. The van der Waals surface area contributed by atoms with Crippen molar-refractivity contribution in [2.75, 3.05) is 31.7 Å². The molecule has 238 valence electrons. The summed E-state index contributed by atoms with van der Waals surface area (Å²) in [5.41, 5.74) is 9.22. The quantitative estimate of drug-likeness (QED) is 0.177. The van der Waals surface area contributed by atoms with E-state index >= 15 is 0 Å². The third kappa shape index (κ3) is 7.71. The van der Waals surface area contributed by atoms with Crippen molar-refractivity contribution in [3.05, 3.63) is 66.7 Å². The Kier molecular flexibility index (Phi) is 11.3. The summed E-state index contributed by atoms with van der Waals surface area (Å²) >= 11 is 4.90. The molecule has 45 heavy (non-hydrogen) atoms. The SMILES string of the molecule is Br.Br.COc1cc2c(Oc3ccc(N(C(C)=O)C(N)=S)cc3F)ncnc2cc1OCC1CC2CNCC2C1.c1cc2cc-2c1. The molecule has 0 bridgehead atoms. The molecule has 2 atom stereocenters. The number of benzene rings is 3. The van der Waals surface area contributed by atoms with Crippen LogP contribution in [0.15, 0.2) is 60.9 Å². The second kappa shape index (κ2) is 14.8. The maximum Gasteiger partial charge on any atom is 0.230 e. The molecule has 7 rings (SSSR count). The number of nitrogens with one attached hydrogen (secondary N) is 1. The van der Waals surface area contributed by atoms with Gasteiger partial charge in [-0.15, -0.1) is 34.0 Å². The zero-order chi connectivity index (χ0) is 30.1. The number of carbonyl (C=O) groups excluding carboxylic acids is 1. The molecule has 13 heteroatoms. The average molecular weight is 764 g/mol. The summed E-state index contributed by atoms with van der Waals surface area (Å²) in [7, 11) is 1.56. The number of ether oxygens (including phenoxy) is 3. The molecule has 2 aromatic carbocycles. The minimum absolute atomic E-state index is 0. The van der Waals surface area contributed by atoms with E-state index in [2.05, 4.69) is 39.6 Å². The van der Waals surface area contributed by atoms with Crippen LogP contribution in [0.3, 0.4) is 0 Å². The highest BCUT2D eigenvalue weighted by Crippen LogP contribution is 2.41. The van der Waals surface area contributed by atoms with Gasteiger partial charge < -0.3 is 25.3 Å². The molecule has 4 aliphatic rings. The van der Waals surface area contributed by atoms with Crippen molar-refractivity contribution in [1.82, 2.24) is 15.3 Å². The Morgan fingerprint density at radius 1 is 1.02 bits per heavy atom. The molecular weight excluding hydrogens is 729 g/mol. The van der Waals surface area contributed by atoms with Crippen molar-refractivity contribution in [3.8, 4) is 34.3 Å². The van der Waals surface area contributed by atoms with E-state index in [4.69, 9.17) is 32.2 Å².